The molecular weight excluding hydrogens is 180 g/mol. The summed E-state index contributed by atoms with van der Waals surface area (Å²) in [5, 5.41) is 0. The van der Waals surface area contributed by atoms with Gasteiger partial charge in [0.05, 0.1) is 0 Å². The van der Waals surface area contributed by atoms with Gasteiger partial charge in [-0.1, -0.05) is 45.6 Å². The van der Waals surface area contributed by atoms with Crippen LogP contribution in [0.1, 0.15) is 65.2 Å². The molecule has 0 unspecified atom stereocenters. The quantitative estimate of drug-likeness (QED) is 0.527. The third kappa shape index (κ3) is 4.01. The molecule has 1 aliphatic rings. The number of hydrogen-bond acceptors (Lipinski definition) is 0. The predicted molar refractivity (Wildman–Crippen MR) is 69.0 cm³/mol. The molecular formula is C15H28. The van der Waals surface area contributed by atoms with E-state index in [0.29, 0.717) is 0 Å². The van der Waals surface area contributed by atoms with Gasteiger partial charge in [0.2, 0.25) is 0 Å². The Morgan fingerprint density at radius 1 is 1.07 bits per heavy atom. The summed E-state index contributed by atoms with van der Waals surface area (Å²) < 4.78 is 0. The summed E-state index contributed by atoms with van der Waals surface area (Å²) >= 11 is 0. The van der Waals surface area contributed by atoms with Crippen LogP contribution in [0, 0.1) is 17.8 Å². The zero-order chi connectivity index (χ0) is 11.1. The van der Waals surface area contributed by atoms with Gasteiger partial charge in [-0.25, -0.2) is 0 Å². The molecule has 0 heteroatoms. The van der Waals surface area contributed by atoms with Gasteiger partial charge in [0.15, 0.2) is 0 Å². The van der Waals surface area contributed by atoms with Crippen LogP contribution in [0.5, 0.6) is 0 Å². The highest BCUT2D eigenvalue weighted by atomic mass is 14.3. The molecule has 0 amide bonds. The van der Waals surface area contributed by atoms with Gasteiger partial charge in [0.1, 0.15) is 0 Å². The highest BCUT2D eigenvalue weighted by Gasteiger charge is 2.25. The summed E-state index contributed by atoms with van der Waals surface area (Å²) in [6.45, 7) is 8.59. The molecule has 1 rings (SSSR count). The largest absolute Gasteiger partial charge is 0.103 e. The molecule has 0 bridgehead atoms. The van der Waals surface area contributed by atoms with E-state index in [0.717, 1.165) is 17.8 Å². The van der Waals surface area contributed by atoms with E-state index in [-0.39, 0.29) is 0 Å². The average Bonchev–Trinajstić information content (AvgIpc) is 2.29. The van der Waals surface area contributed by atoms with Crippen LogP contribution >= 0.6 is 0 Å². The number of rotatable bonds is 6. The Morgan fingerprint density at radius 3 is 2.00 bits per heavy atom. The number of hydrogen-bond donors (Lipinski definition) is 0. The van der Waals surface area contributed by atoms with Gasteiger partial charge in [-0.2, -0.15) is 0 Å². The van der Waals surface area contributed by atoms with Crippen molar-refractivity contribution in [3.63, 3.8) is 0 Å². The lowest BCUT2D eigenvalue weighted by Crippen LogP contribution is -2.21. The molecule has 0 aromatic heterocycles. The zero-order valence-corrected chi connectivity index (χ0v) is 10.7. The third-order valence-corrected chi connectivity index (χ3v) is 4.14. The Morgan fingerprint density at radius 2 is 1.60 bits per heavy atom. The second kappa shape index (κ2) is 7.09. The highest BCUT2D eigenvalue weighted by molar-refractivity contribution is 4.85. The van der Waals surface area contributed by atoms with Crippen molar-refractivity contribution in [2.45, 2.75) is 65.2 Å². The van der Waals surface area contributed by atoms with Gasteiger partial charge < -0.3 is 0 Å². The molecule has 0 heterocycles. The smallest absolute Gasteiger partial charge is 0.0236 e. The van der Waals surface area contributed by atoms with Gasteiger partial charge in [-0.15, -0.1) is 6.58 Å². The van der Waals surface area contributed by atoms with Crippen LogP contribution in [0.15, 0.2) is 12.7 Å². The predicted octanol–water partition coefficient (Wildman–Crippen LogP) is 5.20. The van der Waals surface area contributed by atoms with Crippen LogP contribution in [-0.4, -0.2) is 0 Å². The van der Waals surface area contributed by atoms with Crippen molar-refractivity contribution in [2.75, 3.05) is 0 Å². The first kappa shape index (κ1) is 12.8. The van der Waals surface area contributed by atoms with Crippen molar-refractivity contribution >= 4 is 0 Å². The van der Waals surface area contributed by atoms with Crippen LogP contribution in [0.3, 0.4) is 0 Å². The normalized spacial score (nSPS) is 26.9. The SMILES string of the molecule is C=CC1CCC(C(CCC)CCC)CC1. The van der Waals surface area contributed by atoms with Crippen LogP contribution in [-0.2, 0) is 0 Å². The average molecular weight is 208 g/mol. The van der Waals surface area contributed by atoms with E-state index < -0.39 is 0 Å². The maximum atomic E-state index is 3.93. The minimum Gasteiger partial charge on any atom is -0.103 e. The Kier molecular flexibility index (Phi) is 6.05. The maximum absolute atomic E-state index is 3.93. The lowest BCUT2D eigenvalue weighted by atomic mass is 9.73. The van der Waals surface area contributed by atoms with Crippen molar-refractivity contribution in [3.8, 4) is 0 Å². The fourth-order valence-corrected chi connectivity index (χ4v) is 3.21. The maximum Gasteiger partial charge on any atom is -0.0236 e. The Labute approximate surface area is 96.2 Å². The second-order valence-electron chi connectivity index (χ2n) is 5.25. The molecule has 15 heavy (non-hydrogen) atoms. The van der Waals surface area contributed by atoms with Crippen molar-refractivity contribution in [2.24, 2.45) is 17.8 Å². The van der Waals surface area contributed by atoms with Crippen LogP contribution in [0.25, 0.3) is 0 Å². The van der Waals surface area contributed by atoms with E-state index in [1.54, 1.807) is 0 Å². The summed E-state index contributed by atoms with van der Waals surface area (Å²) in [4.78, 5) is 0. The molecule has 0 nitrogen and oxygen atoms in total. The van der Waals surface area contributed by atoms with Crippen LogP contribution in [0.2, 0.25) is 0 Å². The lowest BCUT2D eigenvalue weighted by Gasteiger charge is -2.33. The first-order valence-electron chi connectivity index (χ1n) is 6.94. The summed E-state index contributed by atoms with van der Waals surface area (Å²) in [6.07, 6.45) is 13.5. The third-order valence-electron chi connectivity index (χ3n) is 4.14. The molecule has 0 spiro atoms. The Hall–Kier alpha value is -0.260. The van der Waals surface area contributed by atoms with Gasteiger partial charge in [-0.05, 0) is 43.4 Å². The van der Waals surface area contributed by atoms with E-state index in [1.165, 1.54) is 51.4 Å². The lowest BCUT2D eigenvalue weighted by molar-refractivity contribution is 0.201. The molecule has 0 radical (unpaired) electrons. The molecule has 0 saturated heterocycles. The summed E-state index contributed by atoms with van der Waals surface area (Å²) in [5.41, 5.74) is 0. The number of allylic oxidation sites excluding steroid dienone is 1. The van der Waals surface area contributed by atoms with E-state index in [9.17, 15) is 0 Å². The Bertz CT molecular complexity index is 157. The molecule has 0 aromatic rings. The molecule has 0 atom stereocenters. The molecule has 88 valence electrons. The molecule has 1 fully saturated rings. The van der Waals surface area contributed by atoms with Crippen LogP contribution in [0.4, 0.5) is 0 Å². The standard InChI is InChI=1S/C15H28/c1-4-7-14(8-5-2)15-11-9-13(6-3)10-12-15/h6,13-15H,3-5,7-12H2,1-2H3. The van der Waals surface area contributed by atoms with Gasteiger partial charge >= 0.3 is 0 Å². The highest BCUT2D eigenvalue weighted by Crippen LogP contribution is 2.37. The van der Waals surface area contributed by atoms with Crippen molar-refractivity contribution in [1.29, 1.82) is 0 Å². The first-order chi connectivity index (χ1) is 7.31. The minimum atomic E-state index is 0.824. The van der Waals surface area contributed by atoms with E-state index in [2.05, 4.69) is 26.5 Å². The summed E-state index contributed by atoms with van der Waals surface area (Å²) in [7, 11) is 0. The fourth-order valence-electron chi connectivity index (χ4n) is 3.21. The molecule has 0 N–H and O–H groups in total. The van der Waals surface area contributed by atoms with Crippen LogP contribution < -0.4 is 0 Å². The summed E-state index contributed by atoms with van der Waals surface area (Å²) in [6, 6.07) is 0. The molecule has 1 aliphatic carbocycles. The van der Waals surface area contributed by atoms with Crippen molar-refractivity contribution in [3.05, 3.63) is 12.7 Å². The van der Waals surface area contributed by atoms with Gasteiger partial charge in [0.25, 0.3) is 0 Å². The topological polar surface area (TPSA) is 0 Å². The first-order valence-corrected chi connectivity index (χ1v) is 6.94. The molecule has 1 saturated carbocycles. The zero-order valence-electron chi connectivity index (χ0n) is 10.7. The van der Waals surface area contributed by atoms with Gasteiger partial charge in [-0.3, -0.25) is 0 Å². The van der Waals surface area contributed by atoms with E-state index in [1.807, 2.05) is 0 Å². The van der Waals surface area contributed by atoms with Gasteiger partial charge in [0, 0.05) is 0 Å². The molecule has 0 aromatic carbocycles. The molecule has 0 aliphatic heterocycles. The van der Waals surface area contributed by atoms with E-state index in [4.69, 9.17) is 0 Å². The fraction of sp³-hybridized carbons (Fsp3) is 0.867. The van der Waals surface area contributed by atoms with Crippen molar-refractivity contribution < 1.29 is 0 Å². The monoisotopic (exact) mass is 208 g/mol. The minimum absolute atomic E-state index is 0.824. The summed E-state index contributed by atoms with van der Waals surface area (Å²) in [5.74, 6) is 2.87. The van der Waals surface area contributed by atoms with E-state index >= 15 is 0 Å². The van der Waals surface area contributed by atoms with Crippen molar-refractivity contribution in [1.82, 2.24) is 0 Å². The second-order valence-corrected chi connectivity index (χ2v) is 5.25. The Balaban J connectivity index is 2.37.